The van der Waals surface area contributed by atoms with Gasteiger partial charge in [-0.15, -0.1) is 0 Å². The van der Waals surface area contributed by atoms with Crippen LogP contribution in [-0.4, -0.2) is 59.7 Å². The summed E-state index contributed by atoms with van der Waals surface area (Å²) in [6, 6.07) is 18.1. The van der Waals surface area contributed by atoms with E-state index in [1.165, 1.54) is 0 Å². The molecule has 2 aliphatic rings. The molecule has 2 heterocycles. The van der Waals surface area contributed by atoms with Crippen molar-refractivity contribution in [1.82, 2.24) is 9.80 Å². The molecule has 2 aliphatic heterocycles. The molecule has 2 N–H and O–H groups in total. The molecule has 2 fully saturated rings. The van der Waals surface area contributed by atoms with Crippen LogP contribution in [0.5, 0.6) is 0 Å². The number of hydrogen-bond donors (Lipinski definition) is 2. The van der Waals surface area contributed by atoms with E-state index in [1.54, 1.807) is 0 Å². The van der Waals surface area contributed by atoms with Crippen molar-refractivity contribution >= 4 is 40.3 Å². The van der Waals surface area contributed by atoms with E-state index in [2.05, 4.69) is 15.5 Å². The summed E-state index contributed by atoms with van der Waals surface area (Å²) in [5, 5.41) is 7.36. The molecule has 0 aromatic heterocycles. The topological polar surface area (TPSA) is 56.8 Å². The summed E-state index contributed by atoms with van der Waals surface area (Å²) in [5.74, 6) is 0.127. The van der Waals surface area contributed by atoms with Crippen molar-refractivity contribution in [2.24, 2.45) is 0 Å². The molecule has 2 aromatic carbocycles. The largest absolute Gasteiger partial charge is 0.368 e. The van der Waals surface area contributed by atoms with Gasteiger partial charge >= 0.3 is 0 Å². The Balaban J connectivity index is 1.26. The average Bonchev–Trinajstić information content (AvgIpc) is 3.30. The van der Waals surface area contributed by atoms with E-state index in [9.17, 15) is 4.79 Å². The first-order valence-electron chi connectivity index (χ1n) is 10.1. The van der Waals surface area contributed by atoms with Gasteiger partial charge in [0.15, 0.2) is 5.11 Å². The highest BCUT2D eigenvalue weighted by atomic mass is 32.1. The molecule has 0 unspecified atom stereocenters. The molecule has 1 atom stereocenters. The van der Waals surface area contributed by atoms with Crippen molar-refractivity contribution in [3.8, 4) is 0 Å². The summed E-state index contributed by atoms with van der Waals surface area (Å²) in [6.07, 6.45) is 1.58. The number of nitrogens with zero attached hydrogens (tertiary/aromatic N) is 2. The Morgan fingerprint density at radius 3 is 2.17 bits per heavy atom. The Morgan fingerprint density at radius 2 is 1.52 bits per heavy atom. The van der Waals surface area contributed by atoms with Crippen LogP contribution in [0.1, 0.15) is 12.8 Å². The molecular formula is C22H26N4O2S. The Labute approximate surface area is 176 Å². The number of carbonyl (C=O) groups excluding carboxylic acids is 1. The maximum absolute atomic E-state index is 12.5. The number of benzene rings is 2. The van der Waals surface area contributed by atoms with Crippen molar-refractivity contribution in [2.45, 2.75) is 18.9 Å². The second-order valence-corrected chi connectivity index (χ2v) is 7.70. The quantitative estimate of drug-likeness (QED) is 0.753. The monoisotopic (exact) mass is 410 g/mol. The van der Waals surface area contributed by atoms with E-state index in [4.69, 9.17) is 17.0 Å². The lowest BCUT2D eigenvalue weighted by molar-refractivity contribution is -0.142. The zero-order chi connectivity index (χ0) is 20.1. The third-order valence-corrected chi connectivity index (χ3v) is 5.64. The molecule has 0 radical (unpaired) electrons. The van der Waals surface area contributed by atoms with E-state index in [0.717, 1.165) is 43.0 Å². The minimum Gasteiger partial charge on any atom is -0.368 e. The molecule has 0 aliphatic carbocycles. The fraction of sp³-hybridized carbons (Fsp3) is 0.364. The van der Waals surface area contributed by atoms with Gasteiger partial charge in [0.1, 0.15) is 6.10 Å². The van der Waals surface area contributed by atoms with Crippen LogP contribution in [0.25, 0.3) is 0 Å². The van der Waals surface area contributed by atoms with Gasteiger partial charge in [0.2, 0.25) is 0 Å². The maximum atomic E-state index is 12.5. The Morgan fingerprint density at radius 1 is 0.897 bits per heavy atom. The summed E-state index contributed by atoms with van der Waals surface area (Å²) < 4.78 is 5.52. The number of piperazine rings is 1. The number of para-hydroxylation sites is 1. The summed E-state index contributed by atoms with van der Waals surface area (Å²) in [6.45, 7) is 3.53. The normalized spacial score (nSPS) is 19.1. The van der Waals surface area contributed by atoms with Gasteiger partial charge in [0.05, 0.1) is 0 Å². The van der Waals surface area contributed by atoms with Crippen LogP contribution >= 0.6 is 12.2 Å². The van der Waals surface area contributed by atoms with Gasteiger partial charge in [-0.25, -0.2) is 0 Å². The van der Waals surface area contributed by atoms with Gasteiger partial charge in [-0.3, -0.25) is 4.79 Å². The summed E-state index contributed by atoms with van der Waals surface area (Å²) >= 11 is 5.58. The number of ether oxygens (including phenoxy) is 1. The molecule has 0 bridgehead atoms. The van der Waals surface area contributed by atoms with Gasteiger partial charge in [0.25, 0.3) is 5.91 Å². The SMILES string of the molecule is O=C([C@H]1CCCO1)N1CCN(C(=S)Nc2ccc(Nc3ccccc3)cc2)CC1. The van der Waals surface area contributed by atoms with Crippen LogP contribution in [0.3, 0.4) is 0 Å². The number of carbonyl (C=O) groups is 1. The van der Waals surface area contributed by atoms with E-state index in [0.29, 0.717) is 24.8 Å². The highest BCUT2D eigenvalue weighted by Gasteiger charge is 2.30. The maximum Gasteiger partial charge on any atom is 0.251 e. The molecule has 0 saturated carbocycles. The lowest BCUT2D eigenvalue weighted by Crippen LogP contribution is -2.53. The molecule has 1 amide bonds. The number of anilines is 3. The van der Waals surface area contributed by atoms with Crippen LogP contribution in [0.15, 0.2) is 54.6 Å². The number of thiocarbonyl (C=S) groups is 1. The fourth-order valence-corrected chi connectivity index (χ4v) is 3.93. The zero-order valence-electron chi connectivity index (χ0n) is 16.3. The number of nitrogens with one attached hydrogen (secondary N) is 2. The molecule has 2 aromatic rings. The molecular weight excluding hydrogens is 384 g/mol. The van der Waals surface area contributed by atoms with Gasteiger partial charge in [-0.2, -0.15) is 0 Å². The van der Waals surface area contributed by atoms with Gasteiger partial charge in [-0.05, 0) is 61.5 Å². The zero-order valence-corrected chi connectivity index (χ0v) is 17.2. The molecule has 2 saturated heterocycles. The number of amides is 1. The van der Waals surface area contributed by atoms with Crippen molar-refractivity contribution in [3.05, 3.63) is 54.6 Å². The lowest BCUT2D eigenvalue weighted by atomic mass is 10.2. The van der Waals surface area contributed by atoms with Crippen LogP contribution < -0.4 is 10.6 Å². The van der Waals surface area contributed by atoms with Crippen LogP contribution in [0, 0.1) is 0 Å². The minimum atomic E-state index is -0.241. The first-order chi connectivity index (χ1) is 14.2. The third-order valence-electron chi connectivity index (χ3n) is 5.28. The van der Waals surface area contributed by atoms with E-state index < -0.39 is 0 Å². The predicted octanol–water partition coefficient (Wildman–Crippen LogP) is 3.45. The van der Waals surface area contributed by atoms with Crippen molar-refractivity contribution in [3.63, 3.8) is 0 Å². The average molecular weight is 411 g/mol. The summed E-state index contributed by atoms with van der Waals surface area (Å²) in [7, 11) is 0. The fourth-order valence-electron chi connectivity index (χ4n) is 3.63. The van der Waals surface area contributed by atoms with Gasteiger partial charge in [-0.1, -0.05) is 18.2 Å². The molecule has 4 rings (SSSR count). The Kier molecular flexibility index (Phi) is 6.27. The lowest BCUT2D eigenvalue weighted by Gasteiger charge is -2.37. The van der Waals surface area contributed by atoms with Gasteiger partial charge < -0.3 is 25.2 Å². The molecule has 7 heteroatoms. The number of hydrogen-bond acceptors (Lipinski definition) is 4. The van der Waals surface area contributed by atoms with E-state index in [-0.39, 0.29) is 12.0 Å². The second-order valence-electron chi connectivity index (χ2n) is 7.31. The summed E-state index contributed by atoms with van der Waals surface area (Å²) in [5.41, 5.74) is 3.03. The smallest absolute Gasteiger partial charge is 0.251 e. The van der Waals surface area contributed by atoms with E-state index in [1.807, 2.05) is 59.5 Å². The predicted molar refractivity (Wildman–Crippen MR) is 120 cm³/mol. The Bertz CT molecular complexity index is 830. The van der Waals surface area contributed by atoms with E-state index >= 15 is 0 Å². The molecule has 0 spiro atoms. The highest BCUT2D eigenvalue weighted by Crippen LogP contribution is 2.20. The Hall–Kier alpha value is -2.64. The van der Waals surface area contributed by atoms with Crippen LogP contribution in [0.4, 0.5) is 17.1 Å². The highest BCUT2D eigenvalue weighted by molar-refractivity contribution is 7.80. The van der Waals surface area contributed by atoms with Crippen molar-refractivity contribution in [1.29, 1.82) is 0 Å². The molecule has 29 heavy (non-hydrogen) atoms. The first kappa shape index (κ1) is 19.7. The summed E-state index contributed by atoms with van der Waals surface area (Å²) in [4.78, 5) is 16.5. The van der Waals surface area contributed by atoms with Crippen molar-refractivity contribution < 1.29 is 9.53 Å². The molecule has 152 valence electrons. The standard InChI is InChI=1S/C22H26N4O2S/c27-21(20-7-4-16-28-20)25-12-14-26(15-13-25)22(29)24-19-10-8-18(9-11-19)23-17-5-2-1-3-6-17/h1-3,5-6,8-11,20,23H,4,7,12-16H2,(H,24,29)/t20-/m1/s1. The van der Waals surface area contributed by atoms with Gasteiger partial charge in [0, 0.05) is 49.8 Å². The number of rotatable bonds is 4. The minimum absolute atomic E-state index is 0.127. The third kappa shape index (κ3) is 5.05. The van der Waals surface area contributed by atoms with Crippen LogP contribution in [0.2, 0.25) is 0 Å². The van der Waals surface area contributed by atoms with Crippen molar-refractivity contribution in [2.75, 3.05) is 43.4 Å². The second kappa shape index (κ2) is 9.24. The first-order valence-corrected chi connectivity index (χ1v) is 10.5. The van der Waals surface area contributed by atoms with Crippen LogP contribution in [-0.2, 0) is 9.53 Å². The molecule has 6 nitrogen and oxygen atoms in total.